The van der Waals surface area contributed by atoms with E-state index in [9.17, 15) is 9.59 Å². The van der Waals surface area contributed by atoms with Crippen molar-refractivity contribution in [2.75, 3.05) is 53.6 Å². The first-order valence-corrected chi connectivity index (χ1v) is 35.3. The monoisotopic (exact) mass is 1480 g/mol. The van der Waals surface area contributed by atoms with Gasteiger partial charge in [-0.2, -0.15) is 0 Å². The smallest absolute Gasteiger partial charge is 0.410 e. The van der Waals surface area contributed by atoms with E-state index in [0.29, 0.717) is 41.3 Å². The number of aromatic amines is 4. The van der Waals surface area contributed by atoms with Crippen molar-refractivity contribution in [3.63, 3.8) is 0 Å². The number of amides is 3. The number of rotatable bonds is 8. The predicted molar refractivity (Wildman–Crippen MR) is 398 cm³/mol. The van der Waals surface area contributed by atoms with Gasteiger partial charge in [0.25, 0.3) is 0 Å². The van der Waals surface area contributed by atoms with Gasteiger partial charge in [0.05, 0.1) is 49.0 Å². The summed E-state index contributed by atoms with van der Waals surface area (Å²) in [6.07, 6.45) is 3.21. The van der Waals surface area contributed by atoms with Crippen LogP contribution in [0.4, 0.5) is 9.59 Å². The van der Waals surface area contributed by atoms with Gasteiger partial charge in [-0.25, -0.2) is 9.59 Å². The summed E-state index contributed by atoms with van der Waals surface area (Å²) in [6, 6.07) is 53.4. The molecule has 8 heterocycles. The largest absolute Gasteiger partial charge is 0.497 e. The molecule has 7 N–H and O–H groups in total. The molecule has 4 atom stereocenters. The van der Waals surface area contributed by atoms with Crippen LogP contribution in [0.5, 0.6) is 11.5 Å². The molecule has 3 amide bonds. The van der Waals surface area contributed by atoms with E-state index in [4.69, 9.17) is 83.8 Å². The number of hydrogen-bond acceptors (Lipinski definition) is 7. The van der Waals surface area contributed by atoms with Crippen molar-refractivity contribution in [1.29, 1.82) is 0 Å². The van der Waals surface area contributed by atoms with E-state index in [-0.39, 0.29) is 36.3 Å². The zero-order valence-electron chi connectivity index (χ0n) is 53.6. The van der Waals surface area contributed by atoms with Crippen LogP contribution in [0.3, 0.4) is 0 Å². The van der Waals surface area contributed by atoms with Crippen molar-refractivity contribution in [1.82, 2.24) is 45.7 Å². The number of fused-ring (bicyclic) bond motifs is 12. The Bertz CT molecular complexity index is 4880. The summed E-state index contributed by atoms with van der Waals surface area (Å²) in [5, 5.41) is 18.9. The van der Waals surface area contributed by atoms with Crippen LogP contribution in [-0.4, -0.2) is 95.4 Å². The third kappa shape index (κ3) is 14.0. The topological polar surface area (TPSA) is 168 Å². The number of nitrogens with one attached hydrogen (secondary N) is 7. The van der Waals surface area contributed by atoms with Crippen molar-refractivity contribution in [2.45, 2.75) is 63.7 Å². The van der Waals surface area contributed by atoms with Gasteiger partial charge in [-0.05, 0) is 194 Å². The molecule has 0 bridgehead atoms. The molecule has 97 heavy (non-hydrogen) atoms. The second kappa shape index (κ2) is 29.7. The minimum absolute atomic E-state index is 0.0549. The Balaban J connectivity index is 0.000000117. The fourth-order valence-electron chi connectivity index (χ4n) is 14.1. The van der Waals surface area contributed by atoms with E-state index in [1.165, 1.54) is 50.0 Å². The summed E-state index contributed by atoms with van der Waals surface area (Å²) in [5.74, 6) is 1.53. The number of methoxy groups -OCH3 is 2. The number of halogens is 7. The van der Waals surface area contributed by atoms with E-state index in [2.05, 4.69) is 88.2 Å². The van der Waals surface area contributed by atoms with Gasteiger partial charge in [-0.15, -0.1) is 0 Å². The van der Waals surface area contributed by atoms with Crippen molar-refractivity contribution in [3.8, 4) is 11.5 Å². The Morgan fingerprint density at radius 2 is 0.959 bits per heavy atom. The third-order valence-electron chi connectivity index (χ3n) is 18.4. The highest BCUT2D eigenvalue weighted by Gasteiger charge is 2.38. The highest BCUT2D eigenvalue weighted by molar-refractivity contribution is 9.10. The number of para-hydroxylation sites is 1. The number of urea groups is 1. The lowest BCUT2D eigenvalue weighted by Gasteiger charge is -2.36. The Hall–Kier alpha value is -7.80. The Labute approximate surface area is 600 Å². The fourth-order valence-corrected chi connectivity index (χ4v) is 15.3. The Morgan fingerprint density at radius 1 is 0.495 bits per heavy atom. The van der Waals surface area contributed by atoms with Gasteiger partial charge in [0.15, 0.2) is 0 Å². The summed E-state index contributed by atoms with van der Waals surface area (Å²) < 4.78 is 17.3. The van der Waals surface area contributed by atoms with Crippen molar-refractivity contribution in [3.05, 3.63) is 266 Å². The molecule has 14 nitrogen and oxygen atoms in total. The van der Waals surface area contributed by atoms with Gasteiger partial charge < -0.3 is 55.0 Å². The molecule has 4 aliphatic rings. The number of carbonyl (C=O) groups is 2. The Morgan fingerprint density at radius 3 is 1.45 bits per heavy atom. The van der Waals surface area contributed by atoms with Crippen molar-refractivity contribution in [2.24, 2.45) is 0 Å². The summed E-state index contributed by atoms with van der Waals surface area (Å²) in [7, 11) is 3.29. The third-order valence-corrected chi connectivity index (χ3v) is 20.6. The molecule has 8 aromatic carbocycles. The molecule has 4 aromatic heterocycles. The van der Waals surface area contributed by atoms with Gasteiger partial charge in [-0.3, -0.25) is 4.90 Å². The standard InChI is InChI=1S/C21H22ClN3O2.C21H21ClN2O3.C17H14BrClN2.C17H13Cl3N2/c1-3-23-21(26)25-11-10-16-17-12-14(22)6-9-18(17)24-19(16)20(25)13-4-7-15(27-2)8-5-13;1-3-27-21(25)24-11-10-14-16-12-13(22)8-9-17(16)23-19(14)20(24)15-6-4-5-7-18(15)26-2;18-11-3-1-10(2-4-11)16-17-13(7-8-20-16)14-9-12(19)5-6-15(14)21-17;18-10-2-4-15-12(8-10)11-5-6-21-16(17(11)22-15)9-1-3-13(19)14(20)7-9/h4-9,12,20,24H,3,10-11H2,1-2H3,(H,23,26);4-9,12,20,23H,3,10-11H2,1-2H3;1-6,9,16,20-21H,7-8H2;1-4,7-8,16,21-22H,5-6H2. The zero-order chi connectivity index (χ0) is 67.6. The van der Waals surface area contributed by atoms with Gasteiger partial charge >= 0.3 is 12.1 Å². The maximum atomic E-state index is 12.7. The molecule has 0 spiro atoms. The van der Waals surface area contributed by atoms with E-state index >= 15 is 0 Å². The van der Waals surface area contributed by atoms with Crippen LogP contribution < -0.4 is 25.4 Å². The molecule has 0 fully saturated rings. The summed E-state index contributed by atoms with van der Waals surface area (Å²) in [5.41, 5.74) is 18.3. The van der Waals surface area contributed by atoms with Crippen molar-refractivity contribution >= 4 is 141 Å². The van der Waals surface area contributed by atoms with Crippen LogP contribution in [0.1, 0.15) is 105 Å². The van der Waals surface area contributed by atoms with E-state index in [1.54, 1.807) is 19.1 Å². The Kier molecular flexibility index (Phi) is 20.8. The number of benzene rings is 8. The molecule has 4 aliphatic heterocycles. The molecule has 4 unspecified atom stereocenters. The number of H-pyrrole nitrogens is 4. The molecule has 0 saturated carbocycles. The highest BCUT2D eigenvalue weighted by atomic mass is 79.9. The minimum atomic E-state index is -0.323. The first kappa shape index (κ1) is 67.8. The maximum absolute atomic E-state index is 12.7. The van der Waals surface area contributed by atoms with Gasteiger partial charge in [0.2, 0.25) is 0 Å². The average Bonchev–Trinajstić information content (AvgIpc) is 1.67. The second-order valence-corrected chi connectivity index (χ2v) is 27.5. The lowest BCUT2D eigenvalue weighted by Crippen LogP contribution is -2.46. The zero-order valence-corrected chi connectivity index (χ0v) is 59.7. The van der Waals surface area contributed by atoms with Gasteiger partial charge in [-0.1, -0.05) is 134 Å². The summed E-state index contributed by atoms with van der Waals surface area (Å²) in [6.45, 7) is 7.79. The first-order valence-electron chi connectivity index (χ1n) is 32.2. The number of nitrogens with zero attached hydrogens (tertiary/aromatic N) is 2. The van der Waals surface area contributed by atoms with E-state index in [0.717, 1.165) is 131 Å². The maximum Gasteiger partial charge on any atom is 0.410 e. The summed E-state index contributed by atoms with van der Waals surface area (Å²) >= 11 is 40.4. The molecule has 16 rings (SSSR count). The van der Waals surface area contributed by atoms with Crippen LogP contribution in [0.15, 0.2) is 168 Å². The van der Waals surface area contributed by atoms with Gasteiger partial charge in [0, 0.05) is 129 Å². The minimum Gasteiger partial charge on any atom is -0.497 e. The molecular formula is C76H70BrCl6N9O5. The van der Waals surface area contributed by atoms with E-state index < -0.39 is 0 Å². The fraction of sp³-hybridized carbons (Fsp3) is 0.237. The number of ether oxygens (including phenoxy) is 3. The molecule has 0 aliphatic carbocycles. The molecule has 0 radical (unpaired) electrons. The quantitative estimate of drug-likeness (QED) is 0.0795. The van der Waals surface area contributed by atoms with Gasteiger partial charge in [0.1, 0.15) is 17.5 Å². The normalized spacial score (nSPS) is 16.9. The van der Waals surface area contributed by atoms with Crippen LogP contribution in [0.2, 0.25) is 30.1 Å². The second-order valence-electron chi connectivity index (χ2n) is 24.1. The van der Waals surface area contributed by atoms with Crippen LogP contribution in [0.25, 0.3) is 43.6 Å². The van der Waals surface area contributed by atoms with Crippen LogP contribution in [-0.2, 0) is 30.4 Å². The van der Waals surface area contributed by atoms with E-state index in [1.807, 2.05) is 146 Å². The number of aromatic nitrogens is 4. The molecule has 0 saturated heterocycles. The lowest BCUT2D eigenvalue weighted by atomic mass is 9.92. The molecule has 498 valence electrons. The van der Waals surface area contributed by atoms with Crippen LogP contribution >= 0.6 is 85.5 Å². The predicted octanol–water partition coefficient (Wildman–Crippen LogP) is 19.6. The molecule has 12 aromatic rings. The highest BCUT2D eigenvalue weighted by Crippen LogP contribution is 2.44. The number of carbonyl (C=O) groups excluding carboxylic acids is 2. The molecular weight excluding hydrogens is 1410 g/mol. The average molecular weight is 1480 g/mol. The first-order chi connectivity index (χ1) is 47.1. The molecule has 21 heteroatoms. The van der Waals surface area contributed by atoms with Crippen molar-refractivity contribution < 1.29 is 23.8 Å². The summed E-state index contributed by atoms with van der Waals surface area (Å²) in [4.78, 5) is 43.2. The SMILES string of the molecule is CCNC(=O)N1CCc2c([nH]c3ccc(Cl)cc23)C1c1ccc(OC)cc1.CCOC(=O)N1CCc2c([nH]c3ccc(Cl)cc23)C1c1ccccc1OC.Clc1ccc2[nH]c3c(c2c1)CCNC3c1ccc(Br)cc1.Clc1ccc2[nH]c3c(c2c1)CCNC3c1ccc(Cl)c(Cl)c1. The number of hydrogen-bond donors (Lipinski definition) is 7. The van der Waals surface area contributed by atoms with Crippen LogP contribution in [0, 0.1) is 0 Å². The lowest BCUT2D eigenvalue weighted by molar-refractivity contribution is 0.0927.